The van der Waals surface area contributed by atoms with Crippen LogP contribution in [-0.2, 0) is 14.3 Å². The van der Waals surface area contributed by atoms with Crippen LogP contribution < -0.4 is 5.32 Å². The minimum absolute atomic E-state index is 0.130. The van der Waals surface area contributed by atoms with Crippen LogP contribution in [0.2, 0.25) is 0 Å². The van der Waals surface area contributed by atoms with Crippen LogP contribution in [0.1, 0.15) is 63.7 Å². The standard InChI is InChI=1S/C21H30N2O4/c1-5-17-9-7-8-14-23(17)20(26)21(3,4)19(25)22-16-12-10-15(11-13-16)18(24)27-6-2/h10-13,17H,5-9,14H2,1-4H3,(H,22,25). The number of esters is 1. The number of hydrogen-bond donors (Lipinski definition) is 1. The Morgan fingerprint density at radius 1 is 1.15 bits per heavy atom. The third-order valence-electron chi connectivity index (χ3n) is 5.12. The Morgan fingerprint density at radius 2 is 1.81 bits per heavy atom. The molecule has 6 nitrogen and oxygen atoms in total. The number of ether oxygens (including phenoxy) is 1. The molecule has 1 atom stereocenters. The van der Waals surface area contributed by atoms with Crippen molar-refractivity contribution in [2.75, 3.05) is 18.5 Å². The Morgan fingerprint density at radius 3 is 2.41 bits per heavy atom. The maximum Gasteiger partial charge on any atom is 0.338 e. The molecule has 6 heteroatoms. The van der Waals surface area contributed by atoms with Gasteiger partial charge in [-0.25, -0.2) is 4.79 Å². The van der Waals surface area contributed by atoms with Crippen LogP contribution >= 0.6 is 0 Å². The summed E-state index contributed by atoms with van der Waals surface area (Å²) >= 11 is 0. The summed E-state index contributed by atoms with van der Waals surface area (Å²) in [5, 5.41) is 2.79. The van der Waals surface area contributed by atoms with Gasteiger partial charge in [0.2, 0.25) is 11.8 Å². The van der Waals surface area contributed by atoms with E-state index < -0.39 is 11.4 Å². The third-order valence-corrected chi connectivity index (χ3v) is 5.12. The summed E-state index contributed by atoms with van der Waals surface area (Å²) in [5.74, 6) is -0.881. The smallest absolute Gasteiger partial charge is 0.338 e. The maximum absolute atomic E-state index is 13.0. The number of piperidine rings is 1. The summed E-state index contributed by atoms with van der Waals surface area (Å²) in [4.78, 5) is 39.4. The molecule has 0 radical (unpaired) electrons. The molecule has 0 aromatic heterocycles. The number of carbonyl (C=O) groups excluding carboxylic acids is 3. The van der Waals surface area contributed by atoms with Crippen molar-refractivity contribution in [1.29, 1.82) is 0 Å². The van der Waals surface area contributed by atoms with Gasteiger partial charge in [0.05, 0.1) is 12.2 Å². The predicted octanol–water partition coefficient (Wildman–Crippen LogP) is 3.62. The maximum atomic E-state index is 13.0. The molecule has 0 saturated carbocycles. The summed E-state index contributed by atoms with van der Waals surface area (Å²) in [5.41, 5.74) is -0.200. The highest BCUT2D eigenvalue weighted by Crippen LogP contribution is 2.28. The van der Waals surface area contributed by atoms with Gasteiger partial charge in [0.25, 0.3) is 0 Å². The van der Waals surface area contributed by atoms with Gasteiger partial charge in [0, 0.05) is 18.3 Å². The van der Waals surface area contributed by atoms with Gasteiger partial charge < -0.3 is 15.0 Å². The molecular weight excluding hydrogens is 344 g/mol. The number of nitrogens with zero attached hydrogens (tertiary/aromatic N) is 1. The number of hydrogen-bond acceptors (Lipinski definition) is 4. The molecule has 27 heavy (non-hydrogen) atoms. The lowest BCUT2D eigenvalue weighted by Crippen LogP contribution is -2.52. The second kappa shape index (κ2) is 9.02. The summed E-state index contributed by atoms with van der Waals surface area (Å²) in [7, 11) is 0. The number of nitrogens with one attached hydrogen (secondary N) is 1. The Labute approximate surface area is 161 Å². The molecule has 0 aliphatic carbocycles. The first kappa shape index (κ1) is 20.9. The van der Waals surface area contributed by atoms with Crippen LogP contribution in [0.4, 0.5) is 5.69 Å². The van der Waals surface area contributed by atoms with Gasteiger partial charge in [-0.2, -0.15) is 0 Å². The van der Waals surface area contributed by atoms with Crippen LogP contribution in [0.15, 0.2) is 24.3 Å². The Hall–Kier alpha value is -2.37. The molecule has 1 unspecified atom stereocenters. The van der Waals surface area contributed by atoms with Gasteiger partial charge in [0.15, 0.2) is 0 Å². The second-order valence-electron chi connectivity index (χ2n) is 7.43. The van der Waals surface area contributed by atoms with Gasteiger partial charge >= 0.3 is 5.97 Å². The van der Waals surface area contributed by atoms with E-state index in [2.05, 4.69) is 12.2 Å². The summed E-state index contributed by atoms with van der Waals surface area (Å²) in [6, 6.07) is 6.68. The molecule has 1 heterocycles. The molecule has 1 saturated heterocycles. The van der Waals surface area contributed by atoms with Crippen molar-refractivity contribution in [3.05, 3.63) is 29.8 Å². The molecule has 1 N–H and O–H groups in total. The summed E-state index contributed by atoms with van der Waals surface area (Å²) in [6.45, 7) is 8.18. The third kappa shape index (κ3) is 4.87. The average Bonchev–Trinajstić information content (AvgIpc) is 2.68. The van der Waals surface area contributed by atoms with E-state index in [-0.39, 0.29) is 17.9 Å². The minimum atomic E-state index is -1.16. The SMILES string of the molecule is CCOC(=O)c1ccc(NC(=O)C(C)(C)C(=O)N2CCCCC2CC)cc1. The topological polar surface area (TPSA) is 75.7 Å². The van der Waals surface area contributed by atoms with Crippen molar-refractivity contribution in [3.63, 3.8) is 0 Å². The Balaban J connectivity index is 2.06. The quantitative estimate of drug-likeness (QED) is 0.609. The average molecular weight is 374 g/mol. The van der Waals surface area contributed by atoms with Crippen molar-refractivity contribution in [1.82, 2.24) is 4.90 Å². The predicted molar refractivity (Wildman–Crippen MR) is 104 cm³/mol. The molecular formula is C21H30N2O4. The first-order chi connectivity index (χ1) is 12.8. The number of rotatable bonds is 6. The van der Waals surface area contributed by atoms with E-state index >= 15 is 0 Å². The van der Waals surface area contributed by atoms with Crippen molar-refractivity contribution in [2.24, 2.45) is 5.41 Å². The molecule has 1 aromatic rings. The van der Waals surface area contributed by atoms with Crippen molar-refractivity contribution in [2.45, 2.75) is 59.4 Å². The van der Waals surface area contributed by atoms with E-state index in [0.717, 1.165) is 25.7 Å². The van der Waals surface area contributed by atoms with Crippen molar-refractivity contribution in [3.8, 4) is 0 Å². The Bertz CT molecular complexity index is 682. The molecule has 1 fully saturated rings. The van der Waals surface area contributed by atoms with Crippen LogP contribution in [0.25, 0.3) is 0 Å². The van der Waals surface area contributed by atoms with Crippen LogP contribution in [-0.4, -0.2) is 41.9 Å². The number of likely N-dealkylation sites (tertiary alicyclic amines) is 1. The summed E-state index contributed by atoms with van der Waals surface area (Å²) < 4.78 is 4.95. The fourth-order valence-corrected chi connectivity index (χ4v) is 3.34. The first-order valence-corrected chi connectivity index (χ1v) is 9.71. The van der Waals surface area contributed by atoms with Crippen LogP contribution in [0, 0.1) is 5.41 Å². The van der Waals surface area contributed by atoms with Gasteiger partial charge in [0.1, 0.15) is 5.41 Å². The van der Waals surface area contributed by atoms with Crippen LogP contribution in [0.5, 0.6) is 0 Å². The molecule has 1 aromatic carbocycles. The van der Waals surface area contributed by atoms with E-state index in [1.807, 2.05) is 4.90 Å². The second-order valence-corrected chi connectivity index (χ2v) is 7.43. The first-order valence-electron chi connectivity index (χ1n) is 9.71. The van der Waals surface area contributed by atoms with E-state index in [1.54, 1.807) is 45.0 Å². The lowest BCUT2D eigenvalue weighted by atomic mass is 9.87. The monoisotopic (exact) mass is 374 g/mol. The largest absolute Gasteiger partial charge is 0.462 e. The van der Waals surface area contributed by atoms with Gasteiger partial charge in [-0.1, -0.05) is 6.92 Å². The zero-order valence-electron chi connectivity index (χ0n) is 16.7. The van der Waals surface area contributed by atoms with E-state index in [4.69, 9.17) is 4.74 Å². The molecule has 2 rings (SSSR count). The Kier molecular flexibility index (Phi) is 6.99. The molecule has 0 spiro atoms. The molecule has 148 valence electrons. The zero-order valence-corrected chi connectivity index (χ0v) is 16.7. The number of carbonyl (C=O) groups is 3. The van der Waals surface area contributed by atoms with E-state index in [9.17, 15) is 14.4 Å². The molecule has 2 amide bonds. The van der Waals surface area contributed by atoms with E-state index in [1.165, 1.54) is 0 Å². The molecule has 1 aliphatic rings. The number of amides is 2. The molecule has 0 bridgehead atoms. The normalized spacial score (nSPS) is 17.3. The van der Waals surface area contributed by atoms with E-state index in [0.29, 0.717) is 24.4 Å². The molecule has 1 aliphatic heterocycles. The van der Waals surface area contributed by atoms with Crippen LogP contribution in [0.3, 0.4) is 0 Å². The lowest BCUT2D eigenvalue weighted by Gasteiger charge is -2.39. The van der Waals surface area contributed by atoms with Gasteiger partial charge in [-0.05, 0) is 70.7 Å². The van der Waals surface area contributed by atoms with Gasteiger partial charge in [-0.3, -0.25) is 9.59 Å². The fraction of sp³-hybridized carbons (Fsp3) is 0.571. The van der Waals surface area contributed by atoms with Crippen molar-refractivity contribution < 1.29 is 19.1 Å². The van der Waals surface area contributed by atoms with Crippen molar-refractivity contribution >= 4 is 23.5 Å². The highest BCUT2D eigenvalue weighted by atomic mass is 16.5. The number of anilines is 1. The highest BCUT2D eigenvalue weighted by Gasteiger charge is 2.41. The zero-order chi connectivity index (χ0) is 20.0. The summed E-state index contributed by atoms with van der Waals surface area (Å²) in [6.07, 6.45) is 4.00. The highest BCUT2D eigenvalue weighted by molar-refractivity contribution is 6.10. The number of benzene rings is 1. The fourth-order valence-electron chi connectivity index (χ4n) is 3.34. The minimum Gasteiger partial charge on any atom is -0.462 e. The van der Waals surface area contributed by atoms with Gasteiger partial charge in [-0.15, -0.1) is 0 Å². The lowest BCUT2D eigenvalue weighted by molar-refractivity contribution is -0.149.